The van der Waals surface area contributed by atoms with E-state index in [2.05, 4.69) is 4.72 Å². The molecule has 4 nitrogen and oxygen atoms in total. The van der Waals surface area contributed by atoms with Crippen LogP contribution in [0.5, 0.6) is 5.75 Å². The van der Waals surface area contributed by atoms with Crippen molar-refractivity contribution in [1.82, 2.24) is 4.72 Å². The number of hydrogen-bond acceptors (Lipinski definition) is 3. The normalized spacial score (nSPS) is 30.3. The molecule has 0 radical (unpaired) electrons. The Morgan fingerprint density at radius 3 is 2.57 bits per heavy atom. The van der Waals surface area contributed by atoms with Crippen LogP contribution in [0.1, 0.15) is 43.6 Å². The first-order valence-corrected chi connectivity index (χ1v) is 9.62. The molecule has 3 atom stereocenters. The van der Waals surface area contributed by atoms with E-state index in [1.165, 1.54) is 0 Å². The number of hydrogen-bond donors (Lipinski definition) is 1. The molecule has 7 heteroatoms. The Labute approximate surface area is 134 Å². The van der Waals surface area contributed by atoms with E-state index in [1.54, 1.807) is 0 Å². The molecule has 4 rings (SSSR count). The number of fused-ring (bicyclic) bond motifs is 3. The Hall–Kier alpha value is -1.21. The lowest BCUT2D eigenvalue weighted by atomic mass is 9.72. The highest BCUT2D eigenvalue weighted by atomic mass is 32.2. The van der Waals surface area contributed by atoms with Crippen molar-refractivity contribution < 1.29 is 21.9 Å². The molecule has 23 heavy (non-hydrogen) atoms. The Kier molecular flexibility index (Phi) is 3.61. The molecule has 0 aromatic heterocycles. The molecule has 0 saturated heterocycles. The molecule has 1 aromatic rings. The fourth-order valence-electron chi connectivity index (χ4n) is 3.87. The third kappa shape index (κ3) is 2.74. The highest BCUT2D eigenvalue weighted by Gasteiger charge is 2.42. The van der Waals surface area contributed by atoms with Crippen LogP contribution in [0.4, 0.5) is 8.78 Å². The van der Waals surface area contributed by atoms with Gasteiger partial charge in [-0.2, -0.15) is 0 Å². The summed E-state index contributed by atoms with van der Waals surface area (Å²) in [6, 6.07) is 2.09. The Balaban J connectivity index is 1.53. The minimum absolute atomic E-state index is 0.0134. The van der Waals surface area contributed by atoms with Crippen LogP contribution < -0.4 is 9.46 Å². The lowest BCUT2D eigenvalue weighted by Gasteiger charge is -2.40. The van der Waals surface area contributed by atoms with Crippen LogP contribution in [0.3, 0.4) is 0 Å². The van der Waals surface area contributed by atoms with E-state index >= 15 is 0 Å². The maximum absolute atomic E-state index is 14.1. The summed E-state index contributed by atoms with van der Waals surface area (Å²) in [5, 5.41) is -0.241. The van der Waals surface area contributed by atoms with Gasteiger partial charge in [0.2, 0.25) is 10.0 Å². The van der Waals surface area contributed by atoms with E-state index in [1.807, 2.05) is 0 Å². The van der Waals surface area contributed by atoms with Crippen molar-refractivity contribution in [3.8, 4) is 5.75 Å². The molecule has 0 amide bonds. The molecular formula is C16H19F2NO3S. The summed E-state index contributed by atoms with van der Waals surface area (Å²) < 4.78 is 60.3. The van der Waals surface area contributed by atoms with E-state index in [-0.39, 0.29) is 28.9 Å². The van der Waals surface area contributed by atoms with Gasteiger partial charge in [0.25, 0.3) is 0 Å². The van der Waals surface area contributed by atoms with Crippen LogP contribution in [-0.2, 0) is 10.0 Å². The first-order valence-electron chi connectivity index (χ1n) is 8.07. The van der Waals surface area contributed by atoms with E-state index < -0.39 is 21.7 Å². The monoisotopic (exact) mass is 343 g/mol. The van der Waals surface area contributed by atoms with Crippen LogP contribution in [0.15, 0.2) is 12.1 Å². The van der Waals surface area contributed by atoms with Crippen LogP contribution in [0.25, 0.3) is 0 Å². The summed E-state index contributed by atoms with van der Waals surface area (Å²) in [5.74, 6) is -1.02. The van der Waals surface area contributed by atoms with Crippen molar-refractivity contribution >= 4 is 10.0 Å². The SMILES string of the molecule is O=S(=O)(N[C@@H]1CCC2c3c(F)ccc(F)c3OCC2C1)C1CC1. The number of halogens is 2. The third-order valence-electron chi connectivity index (χ3n) is 5.18. The summed E-state index contributed by atoms with van der Waals surface area (Å²) in [4.78, 5) is 0. The first kappa shape index (κ1) is 15.3. The fourth-order valence-corrected chi connectivity index (χ4v) is 5.50. The Morgan fingerprint density at radius 2 is 1.83 bits per heavy atom. The highest BCUT2D eigenvalue weighted by molar-refractivity contribution is 7.90. The molecule has 2 aliphatic carbocycles. The molecule has 1 aliphatic heterocycles. The van der Waals surface area contributed by atoms with Gasteiger partial charge in [-0.1, -0.05) is 0 Å². The van der Waals surface area contributed by atoms with Crippen molar-refractivity contribution in [2.75, 3.05) is 6.61 Å². The van der Waals surface area contributed by atoms with Crippen LogP contribution in [-0.4, -0.2) is 26.3 Å². The van der Waals surface area contributed by atoms with Gasteiger partial charge in [-0.05, 0) is 50.2 Å². The van der Waals surface area contributed by atoms with Gasteiger partial charge in [0.15, 0.2) is 11.6 Å². The summed E-state index contributed by atoms with van der Waals surface area (Å²) in [6.07, 6.45) is 3.35. The number of sulfonamides is 1. The lowest BCUT2D eigenvalue weighted by molar-refractivity contribution is 0.135. The quantitative estimate of drug-likeness (QED) is 0.918. The second-order valence-electron chi connectivity index (χ2n) is 6.82. The average molecular weight is 343 g/mol. The van der Waals surface area contributed by atoms with Crippen LogP contribution in [0, 0.1) is 17.6 Å². The molecule has 0 spiro atoms. The molecule has 2 fully saturated rings. The smallest absolute Gasteiger partial charge is 0.214 e. The van der Waals surface area contributed by atoms with Crippen molar-refractivity contribution in [3.63, 3.8) is 0 Å². The van der Waals surface area contributed by atoms with E-state index in [0.717, 1.165) is 25.0 Å². The minimum Gasteiger partial charge on any atom is -0.490 e. The third-order valence-corrected chi connectivity index (χ3v) is 7.19. The number of ether oxygens (including phenoxy) is 1. The molecule has 3 aliphatic rings. The van der Waals surface area contributed by atoms with Gasteiger partial charge in [0, 0.05) is 17.5 Å². The van der Waals surface area contributed by atoms with Gasteiger partial charge in [-0.3, -0.25) is 0 Å². The molecule has 2 saturated carbocycles. The van der Waals surface area contributed by atoms with E-state index in [0.29, 0.717) is 31.4 Å². The zero-order valence-electron chi connectivity index (χ0n) is 12.6. The average Bonchev–Trinajstić information content (AvgIpc) is 3.35. The Morgan fingerprint density at radius 1 is 1.09 bits per heavy atom. The molecule has 2 unspecified atom stereocenters. The van der Waals surface area contributed by atoms with E-state index in [4.69, 9.17) is 4.74 Å². The number of nitrogens with one attached hydrogen (secondary N) is 1. The van der Waals surface area contributed by atoms with Gasteiger partial charge in [0.1, 0.15) is 5.82 Å². The van der Waals surface area contributed by atoms with Crippen molar-refractivity contribution in [2.45, 2.75) is 49.3 Å². The molecule has 126 valence electrons. The van der Waals surface area contributed by atoms with Gasteiger partial charge < -0.3 is 4.74 Å². The molecule has 0 bridgehead atoms. The summed E-state index contributed by atoms with van der Waals surface area (Å²) in [6.45, 7) is 0.305. The fraction of sp³-hybridized carbons (Fsp3) is 0.625. The molecule has 1 heterocycles. The van der Waals surface area contributed by atoms with Gasteiger partial charge in [-0.15, -0.1) is 0 Å². The van der Waals surface area contributed by atoms with Crippen LogP contribution in [0.2, 0.25) is 0 Å². The van der Waals surface area contributed by atoms with Gasteiger partial charge in [-0.25, -0.2) is 21.9 Å². The highest BCUT2D eigenvalue weighted by Crippen LogP contribution is 2.47. The second-order valence-corrected chi connectivity index (χ2v) is 8.81. The lowest BCUT2D eigenvalue weighted by Crippen LogP contribution is -2.44. The first-order chi connectivity index (χ1) is 11.0. The Bertz CT molecular complexity index is 733. The maximum Gasteiger partial charge on any atom is 0.214 e. The van der Waals surface area contributed by atoms with Crippen molar-refractivity contribution in [3.05, 3.63) is 29.3 Å². The molecule has 1 N–H and O–H groups in total. The van der Waals surface area contributed by atoms with Gasteiger partial charge in [0.05, 0.1) is 11.9 Å². The zero-order chi connectivity index (χ0) is 16.2. The minimum atomic E-state index is -3.22. The topological polar surface area (TPSA) is 55.4 Å². The molecular weight excluding hydrogens is 324 g/mol. The number of benzene rings is 1. The number of rotatable bonds is 3. The zero-order valence-corrected chi connectivity index (χ0v) is 13.4. The summed E-state index contributed by atoms with van der Waals surface area (Å²) >= 11 is 0. The second kappa shape index (κ2) is 5.41. The summed E-state index contributed by atoms with van der Waals surface area (Å²) in [5.41, 5.74) is 0.324. The molecule has 1 aromatic carbocycles. The predicted molar refractivity (Wildman–Crippen MR) is 80.8 cm³/mol. The maximum atomic E-state index is 14.1. The van der Waals surface area contributed by atoms with Crippen molar-refractivity contribution in [2.24, 2.45) is 5.92 Å². The predicted octanol–water partition coefficient (Wildman–Crippen LogP) is 2.69. The standard InChI is InChI=1S/C16H19F2NO3S/c17-13-5-6-14(18)16-15(13)12-4-1-10(7-9(12)8-22-16)19-23(20,21)11-2-3-11/h5-6,9-12,19H,1-4,7-8H2/t9?,10-,12?/m1/s1. The van der Waals surface area contributed by atoms with E-state index in [9.17, 15) is 17.2 Å². The van der Waals surface area contributed by atoms with Crippen LogP contribution >= 0.6 is 0 Å². The van der Waals surface area contributed by atoms with Crippen molar-refractivity contribution in [1.29, 1.82) is 0 Å². The summed E-state index contributed by atoms with van der Waals surface area (Å²) in [7, 11) is -3.22. The van der Waals surface area contributed by atoms with Gasteiger partial charge >= 0.3 is 0 Å². The largest absolute Gasteiger partial charge is 0.490 e.